The molecule has 1 heterocycles. The van der Waals surface area contributed by atoms with Gasteiger partial charge in [-0.2, -0.15) is 11.8 Å². The van der Waals surface area contributed by atoms with Gasteiger partial charge in [-0.05, 0) is 30.7 Å². The highest BCUT2D eigenvalue weighted by atomic mass is 35.5. The van der Waals surface area contributed by atoms with Gasteiger partial charge in [-0.15, -0.1) is 0 Å². The summed E-state index contributed by atoms with van der Waals surface area (Å²) >= 11 is 7.70. The van der Waals surface area contributed by atoms with Crippen molar-refractivity contribution in [3.63, 3.8) is 0 Å². The van der Waals surface area contributed by atoms with Crippen LogP contribution in [0.3, 0.4) is 0 Å². The minimum Gasteiger partial charge on any atom is -0.353 e. The molecule has 1 N–H and O–H groups in total. The molecule has 0 bridgehead atoms. The van der Waals surface area contributed by atoms with Gasteiger partial charge >= 0.3 is 0 Å². The Balaban J connectivity index is 1.96. The van der Waals surface area contributed by atoms with Gasteiger partial charge in [0.1, 0.15) is 6.04 Å². The maximum Gasteiger partial charge on any atom is 0.243 e. The molecule has 1 aromatic carbocycles. The van der Waals surface area contributed by atoms with Crippen LogP contribution >= 0.6 is 23.4 Å². The smallest absolute Gasteiger partial charge is 0.243 e. The molecule has 23 heavy (non-hydrogen) atoms. The van der Waals surface area contributed by atoms with E-state index in [4.69, 9.17) is 11.6 Å². The summed E-state index contributed by atoms with van der Waals surface area (Å²) in [6.07, 6.45) is 0.956. The molecule has 0 aliphatic carbocycles. The lowest BCUT2D eigenvalue weighted by atomic mass is 10.2. The fourth-order valence-corrected chi connectivity index (χ4v) is 3.45. The van der Waals surface area contributed by atoms with Gasteiger partial charge in [-0.3, -0.25) is 14.5 Å². The molecule has 1 atom stereocenters. The molecule has 0 saturated carbocycles. The zero-order valence-corrected chi connectivity index (χ0v) is 15.3. The number of rotatable bonds is 5. The van der Waals surface area contributed by atoms with Crippen molar-refractivity contribution in [2.24, 2.45) is 0 Å². The Hall–Kier alpha value is -1.20. The third-order valence-electron chi connectivity index (χ3n) is 3.56. The number of halogens is 1. The van der Waals surface area contributed by atoms with E-state index in [2.05, 4.69) is 26.1 Å². The standard InChI is InChI=1S/C17H23ClN2O2S/c1-17(2,3)23-11-10-19-16(22)14-8-9-15(21)20(14)13-6-4-12(18)5-7-13/h4-7,14H,8-11H2,1-3H3,(H,19,22)/t14-/m0/s1. The third-order valence-corrected chi connectivity index (χ3v) is 5.08. The number of carbonyl (C=O) groups is 2. The van der Waals surface area contributed by atoms with Crippen molar-refractivity contribution in [1.29, 1.82) is 0 Å². The van der Waals surface area contributed by atoms with Crippen LogP contribution in [-0.2, 0) is 9.59 Å². The molecule has 0 radical (unpaired) electrons. The van der Waals surface area contributed by atoms with E-state index in [0.717, 1.165) is 11.4 Å². The molecule has 0 spiro atoms. The van der Waals surface area contributed by atoms with Crippen molar-refractivity contribution >= 4 is 40.9 Å². The molecule has 126 valence electrons. The molecule has 2 amide bonds. The van der Waals surface area contributed by atoms with Crippen molar-refractivity contribution < 1.29 is 9.59 Å². The zero-order valence-electron chi connectivity index (χ0n) is 13.8. The molecule has 1 saturated heterocycles. The summed E-state index contributed by atoms with van der Waals surface area (Å²) in [7, 11) is 0. The number of benzene rings is 1. The topological polar surface area (TPSA) is 49.4 Å². The number of nitrogens with one attached hydrogen (secondary N) is 1. The van der Waals surface area contributed by atoms with Crippen molar-refractivity contribution in [3.05, 3.63) is 29.3 Å². The van der Waals surface area contributed by atoms with E-state index in [9.17, 15) is 9.59 Å². The fourth-order valence-electron chi connectivity index (χ4n) is 2.51. The second-order valence-electron chi connectivity index (χ2n) is 6.55. The average Bonchev–Trinajstić information content (AvgIpc) is 2.85. The van der Waals surface area contributed by atoms with Crippen LogP contribution in [0.4, 0.5) is 5.69 Å². The summed E-state index contributed by atoms with van der Waals surface area (Å²) in [6, 6.07) is 6.60. The minimum absolute atomic E-state index is 0.0171. The summed E-state index contributed by atoms with van der Waals surface area (Å²) in [5, 5.41) is 3.56. The Morgan fingerprint density at radius 3 is 2.61 bits per heavy atom. The van der Waals surface area contributed by atoms with E-state index in [1.165, 1.54) is 0 Å². The average molecular weight is 355 g/mol. The SMILES string of the molecule is CC(C)(C)SCCNC(=O)[C@@H]1CCC(=O)N1c1ccc(Cl)cc1. The number of nitrogens with zero attached hydrogens (tertiary/aromatic N) is 1. The summed E-state index contributed by atoms with van der Waals surface area (Å²) in [5.74, 6) is 0.758. The Morgan fingerprint density at radius 1 is 1.35 bits per heavy atom. The van der Waals surface area contributed by atoms with Crippen LogP contribution < -0.4 is 10.2 Å². The predicted octanol–water partition coefficient (Wildman–Crippen LogP) is 3.48. The minimum atomic E-state index is -0.427. The second kappa shape index (κ2) is 7.58. The number of thioether (sulfide) groups is 1. The van der Waals surface area contributed by atoms with Crippen LogP contribution in [0.15, 0.2) is 24.3 Å². The van der Waals surface area contributed by atoms with Crippen LogP contribution in [-0.4, -0.2) is 34.9 Å². The van der Waals surface area contributed by atoms with Crippen LogP contribution in [0.2, 0.25) is 5.02 Å². The first-order chi connectivity index (χ1) is 10.8. The number of hydrogen-bond acceptors (Lipinski definition) is 3. The number of carbonyl (C=O) groups excluding carboxylic acids is 2. The predicted molar refractivity (Wildman–Crippen MR) is 97.2 cm³/mol. The van der Waals surface area contributed by atoms with Gasteiger partial charge in [0.05, 0.1) is 0 Å². The highest BCUT2D eigenvalue weighted by Crippen LogP contribution is 2.28. The lowest BCUT2D eigenvalue weighted by Gasteiger charge is -2.24. The van der Waals surface area contributed by atoms with Crippen molar-refractivity contribution in [1.82, 2.24) is 5.32 Å². The van der Waals surface area contributed by atoms with Crippen molar-refractivity contribution in [3.8, 4) is 0 Å². The van der Waals surface area contributed by atoms with Gasteiger partial charge in [-0.1, -0.05) is 32.4 Å². The van der Waals surface area contributed by atoms with E-state index < -0.39 is 6.04 Å². The molecule has 2 rings (SSSR count). The molecular formula is C17H23ClN2O2S. The molecular weight excluding hydrogens is 332 g/mol. The van der Waals surface area contributed by atoms with Gasteiger partial charge in [0, 0.05) is 34.2 Å². The molecule has 1 aliphatic rings. The third kappa shape index (κ3) is 5.15. The highest BCUT2D eigenvalue weighted by Gasteiger charge is 2.36. The normalized spacial score (nSPS) is 18.3. The van der Waals surface area contributed by atoms with Gasteiger partial charge < -0.3 is 5.32 Å². The largest absolute Gasteiger partial charge is 0.353 e. The lowest BCUT2D eigenvalue weighted by Crippen LogP contribution is -2.45. The summed E-state index contributed by atoms with van der Waals surface area (Å²) in [5.41, 5.74) is 0.723. The Labute approximate surface area is 146 Å². The molecule has 0 aromatic heterocycles. The van der Waals surface area contributed by atoms with E-state index in [-0.39, 0.29) is 16.6 Å². The molecule has 6 heteroatoms. The highest BCUT2D eigenvalue weighted by molar-refractivity contribution is 8.00. The maximum atomic E-state index is 12.4. The number of anilines is 1. The Morgan fingerprint density at radius 2 is 2.00 bits per heavy atom. The lowest BCUT2D eigenvalue weighted by molar-refractivity contribution is -0.123. The molecule has 1 aromatic rings. The Kier molecular flexibility index (Phi) is 5.98. The van der Waals surface area contributed by atoms with E-state index in [1.807, 2.05) is 11.8 Å². The first-order valence-corrected chi connectivity index (χ1v) is 9.13. The zero-order chi connectivity index (χ0) is 17.0. The van der Waals surface area contributed by atoms with Gasteiger partial charge in [0.2, 0.25) is 11.8 Å². The second-order valence-corrected chi connectivity index (χ2v) is 8.90. The quantitative estimate of drug-likeness (QED) is 0.823. The maximum absolute atomic E-state index is 12.4. The van der Waals surface area contributed by atoms with Gasteiger partial charge in [0.15, 0.2) is 0 Å². The number of hydrogen-bond donors (Lipinski definition) is 1. The van der Waals surface area contributed by atoms with Crippen LogP contribution in [0.5, 0.6) is 0 Å². The van der Waals surface area contributed by atoms with E-state index in [1.54, 1.807) is 29.2 Å². The van der Waals surface area contributed by atoms with Crippen molar-refractivity contribution in [2.75, 3.05) is 17.2 Å². The van der Waals surface area contributed by atoms with Crippen LogP contribution in [0, 0.1) is 0 Å². The molecule has 4 nitrogen and oxygen atoms in total. The summed E-state index contributed by atoms with van der Waals surface area (Å²) in [4.78, 5) is 26.2. The van der Waals surface area contributed by atoms with Crippen LogP contribution in [0.25, 0.3) is 0 Å². The molecule has 1 aliphatic heterocycles. The first kappa shape index (κ1) is 18.1. The molecule has 1 fully saturated rings. The monoisotopic (exact) mass is 354 g/mol. The Bertz CT molecular complexity index is 569. The summed E-state index contributed by atoms with van der Waals surface area (Å²) < 4.78 is 0.184. The first-order valence-electron chi connectivity index (χ1n) is 7.77. The van der Waals surface area contributed by atoms with Crippen molar-refractivity contribution in [2.45, 2.75) is 44.4 Å². The fraction of sp³-hybridized carbons (Fsp3) is 0.529. The van der Waals surface area contributed by atoms with Gasteiger partial charge in [0.25, 0.3) is 0 Å². The van der Waals surface area contributed by atoms with Gasteiger partial charge in [-0.25, -0.2) is 0 Å². The van der Waals surface area contributed by atoms with E-state index in [0.29, 0.717) is 24.4 Å². The van der Waals surface area contributed by atoms with E-state index >= 15 is 0 Å². The number of amides is 2. The molecule has 0 unspecified atom stereocenters. The summed E-state index contributed by atoms with van der Waals surface area (Å²) in [6.45, 7) is 7.06. The van der Waals surface area contributed by atoms with Crippen LogP contribution in [0.1, 0.15) is 33.6 Å².